The molecule has 1 aromatic carbocycles. The molecule has 110 valence electrons. The van der Waals surface area contributed by atoms with Gasteiger partial charge in [0.05, 0.1) is 5.69 Å². The highest BCUT2D eigenvalue weighted by atomic mass is 16.6. The summed E-state index contributed by atoms with van der Waals surface area (Å²) < 4.78 is 11.1. The maximum absolute atomic E-state index is 5.93. The van der Waals surface area contributed by atoms with Gasteiger partial charge in [-0.1, -0.05) is 6.07 Å². The fourth-order valence-corrected chi connectivity index (χ4v) is 2.31. The van der Waals surface area contributed by atoms with Crippen LogP contribution in [0, 0.1) is 6.92 Å². The molecule has 2 aromatic rings. The van der Waals surface area contributed by atoms with Gasteiger partial charge in [-0.25, -0.2) is 4.98 Å². The van der Waals surface area contributed by atoms with Crippen molar-refractivity contribution >= 4 is 11.5 Å². The fraction of sp³-hybridized carbons (Fsp3) is 0.312. The number of pyridine rings is 1. The second-order valence-electron chi connectivity index (χ2n) is 5.11. The minimum absolute atomic E-state index is 0.610. The van der Waals surface area contributed by atoms with E-state index in [1.807, 2.05) is 31.3 Å². The first-order valence-electron chi connectivity index (χ1n) is 7.07. The lowest BCUT2D eigenvalue weighted by molar-refractivity contribution is 0.171. The maximum Gasteiger partial charge on any atom is 0.161 e. The number of hydrogen-bond donors (Lipinski definition) is 2. The van der Waals surface area contributed by atoms with E-state index in [1.54, 1.807) is 0 Å². The van der Waals surface area contributed by atoms with Crippen molar-refractivity contribution in [3.8, 4) is 11.5 Å². The first kappa shape index (κ1) is 13.5. The van der Waals surface area contributed by atoms with Crippen molar-refractivity contribution in [2.45, 2.75) is 13.3 Å². The van der Waals surface area contributed by atoms with Gasteiger partial charge < -0.3 is 20.5 Å². The van der Waals surface area contributed by atoms with Crippen molar-refractivity contribution in [3.63, 3.8) is 0 Å². The van der Waals surface area contributed by atoms with Crippen LogP contribution in [0.5, 0.6) is 11.5 Å². The summed E-state index contributed by atoms with van der Waals surface area (Å²) in [5, 5.41) is 3.26. The molecule has 0 saturated carbocycles. The minimum Gasteiger partial charge on any atom is -0.486 e. The molecule has 1 aliphatic heterocycles. The first-order chi connectivity index (χ1) is 10.2. The summed E-state index contributed by atoms with van der Waals surface area (Å²) in [4.78, 5) is 4.30. The molecular formula is C16H19N3O2. The summed E-state index contributed by atoms with van der Waals surface area (Å²) in [6.45, 7) is 3.97. The number of nitrogen functional groups attached to an aromatic ring is 1. The van der Waals surface area contributed by atoms with Gasteiger partial charge in [0, 0.05) is 12.7 Å². The number of nitrogens with zero attached hydrogens (tertiary/aromatic N) is 1. The van der Waals surface area contributed by atoms with Gasteiger partial charge in [0.15, 0.2) is 11.5 Å². The normalized spacial score (nSPS) is 13.0. The number of nitrogens with two attached hydrogens (primary N) is 1. The van der Waals surface area contributed by atoms with E-state index in [9.17, 15) is 0 Å². The van der Waals surface area contributed by atoms with E-state index in [2.05, 4.69) is 16.4 Å². The van der Waals surface area contributed by atoms with Gasteiger partial charge in [0.2, 0.25) is 0 Å². The molecule has 21 heavy (non-hydrogen) atoms. The molecule has 0 aliphatic carbocycles. The molecule has 1 aromatic heterocycles. The van der Waals surface area contributed by atoms with Gasteiger partial charge in [0.1, 0.15) is 19.0 Å². The molecule has 0 unspecified atom stereocenters. The Balaban J connectivity index is 1.60. The second-order valence-corrected chi connectivity index (χ2v) is 5.11. The van der Waals surface area contributed by atoms with E-state index < -0.39 is 0 Å². The van der Waals surface area contributed by atoms with Crippen molar-refractivity contribution in [2.75, 3.05) is 30.8 Å². The molecule has 0 saturated heterocycles. The minimum atomic E-state index is 0.610. The second kappa shape index (κ2) is 5.91. The van der Waals surface area contributed by atoms with Crippen molar-refractivity contribution < 1.29 is 9.47 Å². The van der Waals surface area contributed by atoms with Crippen LogP contribution in [0.4, 0.5) is 11.5 Å². The van der Waals surface area contributed by atoms with Crippen LogP contribution < -0.4 is 20.5 Å². The molecule has 3 N–H and O–H groups in total. The Morgan fingerprint density at radius 1 is 1.19 bits per heavy atom. The monoisotopic (exact) mass is 285 g/mol. The highest BCUT2D eigenvalue weighted by Crippen LogP contribution is 2.30. The Labute approximate surface area is 124 Å². The van der Waals surface area contributed by atoms with Crippen LogP contribution in [0.15, 0.2) is 30.5 Å². The zero-order valence-electron chi connectivity index (χ0n) is 12.1. The fourth-order valence-electron chi connectivity index (χ4n) is 2.31. The lowest BCUT2D eigenvalue weighted by atomic mass is 10.1. The van der Waals surface area contributed by atoms with Crippen LogP contribution >= 0.6 is 0 Å². The Bertz CT molecular complexity index is 643. The van der Waals surface area contributed by atoms with E-state index in [0.29, 0.717) is 18.9 Å². The van der Waals surface area contributed by atoms with E-state index in [-0.39, 0.29) is 0 Å². The number of nitrogens with one attached hydrogen (secondary N) is 1. The lowest BCUT2D eigenvalue weighted by Gasteiger charge is -2.19. The summed E-state index contributed by atoms with van der Waals surface area (Å²) in [5.41, 5.74) is 8.86. The zero-order valence-corrected chi connectivity index (χ0v) is 12.1. The SMILES string of the molecule is Cc1cnc(NCCc2ccc3c(c2)OCCO3)c(N)c1. The predicted octanol–water partition coefficient (Wildman–Crippen LogP) is 2.40. The van der Waals surface area contributed by atoms with E-state index in [0.717, 1.165) is 35.8 Å². The molecule has 5 heteroatoms. The number of benzene rings is 1. The number of aromatic nitrogens is 1. The van der Waals surface area contributed by atoms with Gasteiger partial charge in [-0.05, 0) is 42.7 Å². The molecule has 2 heterocycles. The topological polar surface area (TPSA) is 69.4 Å². The first-order valence-corrected chi connectivity index (χ1v) is 7.07. The maximum atomic E-state index is 5.93. The van der Waals surface area contributed by atoms with Crippen molar-refractivity contribution in [3.05, 3.63) is 41.6 Å². The number of ether oxygens (including phenoxy) is 2. The Morgan fingerprint density at radius 3 is 2.81 bits per heavy atom. The average molecular weight is 285 g/mol. The molecule has 0 atom stereocenters. The molecule has 0 radical (unpaired) electrons. The average Bonchev–Trinajstić information content (AvgIpc) is 2.49. The smallest absolute Gasteiger partial charge is 0.161 e. The molecule has 0 spiro atoms. The largest absolute Gasteiger partial charge is 0.486 e. The number of hydrogen-bond acceptors (Lipinski definition) is 5. The summed E-state index contributed by atoms with van der Waals surface area (Å²) in [6, 6.07) is 7.96. The van der Waals surface area contributed by atoms with Gasteiger partial charge in [-0.15, -0.1) is 0 Å². The highest BCUT2D eigenvalue weighted by Gasteiger charge is 2.11. The molecule has 0 bridgehead atoms. The Morgan fingerprint density at radius 2 is 2.00 bits per heavy atom. The summed E-state index contributed by atoms with van der Waals surface area (Å²) >= 11 is 0. The molecule has 0 amide bonds. The van der Waals surface area contributed by atoms with Crippen molar-refractivity contribution in [2.24, 2.45) is 0 Å². The number of fused-ring (bicyclic) bond motifs is 1. The van der Waals surface area contributed by atoms with E-state index in [1.165, 1.54) is 5.56 Å². The summed E-state index contributed by atoms with van der Waals surface area (Å²) in [5.74, 6) is 2.38. The highest BCUT2D eigenvalue weighted by molar-refractivity contribution is 5.61. The number of anilines is 2. The van der Waals surface area contributed by atoms with Gasteiger partial charge >= 0.3 is 0 Å². The van der Waals surface area contributed by atoms with Crippen LogP contribution in [0.3, 0.4) is 0 Å². The van der Waals surface area contributed by atoms with Gasteiger partial charge in [-0.2, -0.15) is 0 Å². The summed E-state index contributed by atoms with van der Waals surface area (Å²) in [6.07, 6.45) is 2.68. The van der Waals surface area contributed by atoms with Crippen molar-refractivity contribution in [1.29, 1.82) is 0 Å². The number of rotatable bonds is 4. The lowest BCUT2D eigenvalue weighted by Crippen LogP contribution is -2.15. The molecule has 1 aliphatic rings. The Kier molecular flexibility index (Phi) is 3.81. The summed E-state index contributed by atoms with van der Waals surface area (Å²) in [7, 11) is 0. The quantitative estimate of drug-likeness (QED) is 0.902. The van der Waals surface area contributed by atoms with E-state index in [4.69, 9.17) is 15.2 Å². The van der Waals surface area contributed by atoms with Crippen LogP contribution in [0.1, 0.15) is 11.1 Å². The van der Waals surface area contributed by atoms with Crippen LogP contribution in [-0.4, -0.2) is 24.7 Å². The van der Waals surface area contributed by atoms with E-state index >= 15 is 0 Å². The third kappa shape index (κ3) is 3.18. The molecular weight excluding hydrogens is 266 g/mol. The van der Waals surface area contributed by atoms with Gasteiger partial charge in [0.25, 0.3) is 0 Å². The predicted molar refractivity (Wildman–Crippen MR) is 83.0 cm³/mol. The molecule has 0 fully saturated rings. The van der Waals surface area contributed by atoms with Crippen molar-refractivity contribution in [1.82, 2.24) is 4.98 Å². The third-order valence-corrected chi connectivity index (χ3v) is 3.37. The van der Waals surface area contributed by atoms with Gasteiger partial charge in [-0.3, -0.25) is 0 Å². The Hall–Kier alpha value is -2.43. The molecule has 3 rings (SSSR count). The van der Waals surface area contributed by atoms with Crippen LogP contribution in [0.2, 0.25) is 0 Å². The molecule has 5 nitrogen and oxygen atoms in total. The zero-order chi connectivity index (χ0) is 14.7. The van der Waals surface area contributed by atoms with Crippen LogP contribution in [0.25, 0.3) is 0 Å². The van der Waals surface area contributed by atoms with Crippen LogP contribution in [-0.2, 0) is 6.42 Å². The standard InChI is InChI=1S/C16H19N3O2/c1-11-8-13(17)16(19-10-11)18-5-4-12-2-3-14-15(9-12)21-7-6-20-14/h2-3,8-10H,4-7,17H2,1H3,(H,18,19). The number of aryl methyl sites for hydroxylation is 1. The third-order valence-electron chi connectivity index (χ3n) is 3.37.